The predicted molar refractivity (Wildman–Crippen MR) is 66.0 cm³/mol. The second-order valence-corrected chi connectivity index (χ2v) is 3.74. The maximum absolute atomic E-state index is 11.4. The van der Waals surface area contributed by atoms with Crippen molar-refractivity contribution in [2.45, 2.75) is 25.5 Å². The molecule has 0 aromatic heterocycles. The molecule has 0 aliphatic heterocycles. The normalized spacial score (nSPS) is 11.2. The molecule has 0 fully saturated rings. The van der Waals surface area contributed by atoms with Crippen LogP contribution in [0.4, 0.5) is 0 Å². The first-order valence-corrected chi connectivity index (χ1v) is 5.60. The number of carboxylic acid groups (broad SMARTS) is 1. The van der Waals surface area contributed by atoms with Gasteiger partial charge >= 0.3 is 11.9 Å². The number of benzene rings is 1. The molecule has 100 valence electrons. The van der Waals surface area contributed by atoms with Crippen molar-refractivity contribution in [2.24, 2.45) is 5.11 Å². The van der Waals surface area contributed by atoms with Crippen molar-refractivity contribution >= 4 is 11.9 Å². The van der Waals surface area contributed by atoms with Crippen LogP contribution in [-0.4, -0.2) is 23.1 Å². The number of azide groups is 1. The molecular formula is C12H13N3O4. The SMILES string of the molecule is [N-]=[N+]=N[C@@H](CCC(=O)OCc1ccccc1)C(=O)O. The molecule has 1 aromatic rings. The Kier molecular flexibility index (Phi) is 5.91. The molecule has 0 radical (unpaired) electrons. The quantitative estimate of drug-likeness (QED) is 0.352. The molecule has 0 unspecified atom stereocenters. The first-order valence-electron chi connectivity index (χ1n) is 5.60. The van der Waals surface area contributed by atoms with Crippen LogP contribution in [0.5, 0.6) is 0 Å². The largest absolute Gasteiger partial charge is 0.481 e. The van der Waals surface area contributed by atoms with Crippen LogP contribution in [0.1, 0.15) is 18.4 Å². The van der Waals surface area contributed by atoms with E-state index in [2.05, 4.69) is 10.0 Å². The van der Waals surface area contributed by atoms with Crippen LogP contribution in [0.2, 0.25) is 0 Å². The van der Waals surface area contributed by atoms with E-state index in [9.17, 15) is 9.59 Å². The lowest BCUT2D eigenvalue weighted by Crippen LogP contribution is -2.19. The number of carbonyl (C=O) groups is 2. The van der Waals surface area contributed by atoms with E-state index < -0.39 is 18.0 Å². The average Bonchev–Trinajstić information content (AvgIpc) is 2.42. The number of aliphatic carboxylic acids is 1. The minimum Gasteiger partial charge on any atom is -0.481 e. The molecule has 19 heavy (non-hydrogen) atoms. The molecule has 0 saturated heterocycles. The lowest BCUT2D eigenvalue weighted by molar-refractivity contribution is -0.145. The smallest absolute Gasteiger partial charge is 0.312 e. The lowest BCUT2D eigenvalue weighted by atomic mass is 10.2. The number of hydrogen-bond acceptors (Lipinski definition) is 4. The second kappa shape index (κ2) is 7.73. The molecule has 1 atom stereocenters. The van der Waals surface area contributed by atoms with E-state index in [4.69, 9.17) is 15.4 Å². The molecule has 0 saturated carbocycles. The van der Waals surface area contributed by atoms with Gasteiger partial charge in [-0.2, -0.15) is 0 Å². The standard InChI is InChI=1S/C12H13N3O4/c13-15-14-10(12(17)18)6-7-11(16)19-8-9-4-2-1-3-5-9/h1-5,10H,6-8H2,(H,17,18)/t10-/m0/s1. The monoisotopic (exact) mass is 263 g/mol. The molecule has 1 aromatic carbocycles. The highest BCUT2D eigenvalue weighted by Crippen LogP contribution is 2.06. The van der Waals surface area contributed by atoms with Gasteiger partial charge in [-0.1, -0.05) is 35.4 Å². The summed E-state index contributed by atoms with van der Waals surface area (Å²) in [7, 11) is 0. The Labute approximate surface area is 109 Å². The third-order valence-corrected chi connectivity index (χ3v) is 2.34. The predicted octanol–water partition coefficient (Wildman–Crippen LogP) is 2.27. The fourth-order valence-corrected chi connectivity index (χ4v) is 1.36. The summed E-state index contributed by atoms with van der Waals surface area (Å²) in [6.07, 6.45) is -0.185. The third kappa shape index (κ3) is 5.56. The number of ether oxygens (including phenoxy) is 1. The van der Waals surface area contributed by atoms with E-state index in [1.165, 1.54) is 0 Å². The van der Waals surface area contributed by atoms with Gasteiger partial charge in [0.1, 0.15) is 12.6 Å². The Morgan fingerprint density at radius 1 is 1.37 bits per heavy atom. The van der Waals surface area contributed by atoms with Gasteiger partial charge in [0.2, 0.25) is 0 Å². The molecule has 1 rings (SSSR count). The highest BCUT2D eigenvalue weighted by atomic mass is 16.5. The van der Waals surface area contributed by atoms with E-state index in [1.807, 2.05) is 30.3 Å². The van der Waals surface area contributed by atoms with Gasteiger partial charge in [-0.15, -0.1) is 0 Å². The highest BCUT2D eigenvalue weighted by molar-refractivity contribution is 5.75. The van der Waals surface area contributed by atoms with Gasteiger partial charge in [-0.3, -0.25) is 9.59 Å². The Morgan fingerprint density at radius 3 is 2.63 bits per heavy atom. The van der Waals surface area contributed by atoms with Crippen molar-refractivity contribution in [1.29, 1.82) is 0 Å². The zero-order chi connectivity index (χ0) is 14.1. The highest BCUT2D eigenvalue weighted by Gasteiger charge is 2.17. The minimum atomic E-state index is -1.26. The number of carboxylic acids is 1. The molecule has 0 bridgehead atoms. The van der Waals surface area contributed by atoms with Crippen LogP contribution in [0, 0.1) is 0 Å². The van der Waals surface area contributed by atoms with Crippen molar-refractivity contribution in [3.05, 3.63) is 46.3 Å². The summed E-state index contributed by atoms with van der Waals surface area (Å²) in [5.74, 6) is -1.78. The van der Waals surface area contributed by atoms with E-state index in [0.717, 1.165) is 5.56 Å². The molecule has 7 heteroatoms. The van der Waals surface area contributed by atoms with Gasteiger partial charge in [-0.25, -0.2) is 0 Å². The molecule has 1 N–H and O–H groups in total. The van der Waals surface area contributed by atoms with Crippen LogP contribution in [0.25, 0.3) is 10.4 Å². The molecule has 0 amide bonds. The number of rotatable bonds is 7. The molecular weight excluding hydrogens is 250 g/mol. The zero-order valence-corrected chi connectivity index (χ0v) is 10.1. The maximum atomic E-state index is 11.4. The Hall–Kier alpha value is -2.53. The number of hydrogen-bond donors (Lipinski definition) is 1. The zero-order valence-electron chi connectivity index (χ0n) is 10.1. The number of carbonyl (C=O) groups excluding carboxylic acids is 1. The van der Waals surface area contributed by atoms with E-state index in [1.54, 1.807) is 0 Å². The second-order valence-electron chi connectivity index (χ2n) is 3.74. The molecule has 0 heterocycles. The van der Waals surface area contributed by atoms with Crippen LogP contribution in [0.15, 0.2) is 35.4 Å². The summed E-state index contributed by atoms with van der Waals surface area (Å²) < 4.78 is 4.97. The molecule has 7 nitrogen and oxygen atoms in total. The fraction of sp³-hybridized carbons (Fsp3) is 0.333. The Balaban J connectivity index is 2.35. The van der Waals surface area contributed by atoms with Crippen LogP contribution < -0.4 is 0 Å². The summed E-state index contributed by atoms with van der Waals surface area (Å²) in [6.45, 7) is 0.138. The summed E-state index contributed by atoms with van der Waals surface area (Å²) in [5.41, 5.74) is 9.03. The van der Waals surface area contributed by atoms with Crippen molar-refractivity contribution in [2.75, 3.05) is 0 Å². The Bertz CT molecular complexity index is 481. The van der Waals surface area contributed by atoms with E-state index in [0.29, 0.717) is 0 Å². The van der Waals surface area contributed by atoms with Crippen LogP contribution >= 0.6 is 0 Å². The Morgan fingerprint density at radius 2 is 2.05 bits per heavy atom. The van der Waals surface area contributed by atoms with Crippen LogP contribution in [-0.2, 0) is 20.9 Å². The van der Waals surface area contributed by atoms with Crippen molar-refractivity contribution < 1.29 is 19.4 Å². The summed E-state index contributed by atoms with van der Waals surface area (Å²) in [4.78, 5) is 24.5. The van der Waals surface area contributed by atoms with Gasteiger partial charge < -0.3 is 9.84 Å². The minimum absolute atomic E-state index is 0.0764. The summed E-state index contributed by atoms with van der Waals surface area (Å²) >= 11 is 0. The summed E-state index contributed by atoms with van der Waals surface area (Å²) in [6, 6.07) is 7.88. The van der Waals surface area contributed by atoms with Gasteiger partial charge in [0.15, 0.2) is 0 Å². The molecule has 0 aliphatic carbocycles. The molecule has 0 spiro atoms. The maximum Gasteiger partial charge on any atom is 0.312 e. The third-order valence-electron chi connectivity index (χ3n) is 2.34. The number of esters is 1. The fourth-order valence-electron chi connectivity index (χ4n) is 1.36. The van der Waals surface area contributed by atoms with E-state index in [-0.39, 0.29) is 19.4 Å². The van der Waals surface area contributed by atoms with E-state index >= 15 is 0 Å². The summed E-state index contributed by atoms with van der Waals surface area (Å²) in [5, 5.41) is 11.8. The first-order chi connectivity index (χ1) is 9.13. The lowest BCUT2D eigenvalue weighted by Gasteiger charge is -2.06. The van der Waals surface area contributed by atoms with Crippen molar-refractivity contribution in [3.63, 3.8) is 0 Å². The van der Waals surface area contributed by atoms with Gasteiger partial charge in [0.05, 0.1) is 0 Å². The van der Waals surface area contributed by atoms with Gasteiger partial charge in [-0.05, 0) is 17.5 Å². The van der Waals surface area contributed by atoms with Crippen LogP contribution in [0.3, 0.4) is 0 Å². The topological polar surface area (TPSA) is 112 Å². The molecule has 0 aliphatic rings. The first kappa shape index (κ1) is 14.5. The van der Waals surface area contributed by atoms with Crippen molar-refractivity contribution in [3.8, 4) is 0 Å². The number of nitrogens with zero attached hydrogens (tertiary/aromatic N) is 3. The van der Waals surface area contributed by atoms with Crippen molar-refractivity contribution in [1.82, 2.24) is 0 Å². The van der Waals surface area contributed by atoms with Gasteiger partial charge in [0.25, 0.3) is 0 Å². The van der Waals surface area contributed by atoms with Gasteiger partial charge in [0, 0.05) is 11.3 Å². The average molecular weight is 263 g/mol.